The summed E-state index contributed by atoms with van der Waals surface area (Å²) in [4.78, 5) is 28.4. The summed E-state index contributed by atoms with van der Waals surface area (Å²) in [6.07, 6.45) is -0.202. The van der Waals surface area contributed by atoms with Gasteiger partial charge in [0.15, 0.2) is 0 Å². The molecular weight excluding hydrogens is 449 g/mol. The Bertz CT molecular complexity index is 1250. The standard InChI is InChI=1S/C24H21ClFN3O4/c1-2-33-17-7-8-19-15(11-17)12-18(24(25)27-19)21-13-20(14-3-5-16(26)6-4-14)28-29(21)22(30)9-10-23(31)32/h3-8,11-12,21H,2,9-10,13H2,1H3,(H,31,32)/t21-/m0/s1. The Morgan fingerprint density at radius 3 is 2.64 bits per heavy atom. The number of aliphatic carboxylic acids is 1. The van der Waals surface area contributed by atoms with E-state index in [-0.39, 0.29) is 23.8 Å². The second-order valence-electron chi connectivity index (χ2n) is 7.56. The average molecular weight is 470 g/mol. The summed E-state index contributed by atoms with van der Waals surface area (Å²) < 4.78 is 19.0. The number of carboxylic acids is 1. The number of halogens is 2. The predicted octanol–water partition coefficient (Wildman–Crippen LogP) is 4.97. The molecule has 0 bridgehead atoms. The van der Waals surface area contributed by atoms with Crippen LogP contribution in [0, 0.1) is 5.82 Å². The van der Waals surface area contributed by atoms with Gasteiger partial charge in [-0.1, -0.05) is 23.7 Å². The third kappa shape index (κ3) is 4.96. The third-order valence-electron chi connectivity index (χ3n) is 5.33. The highest BCUT2D eigenvalue weighted by atomic mass is 35.5. The van der Waals surface area contributed by atoms with Crippen LogP contribution in [0.3, 0.4) is 0 Å². The zero-order chi connectivity index (χ0) is 23.5. The molecule has 0 saturated heterocycles. The van der Waals surface area contributed by atoms with Crippen LogP contribution in [-0.2, 0) is 9.59 Å². The number of fused-ring (bicyclic) bond motifs is 1. The summed E-state index contributed by atoms with van der Waals surface area (Å²) >= 11 is 6.52. The number of carbonyl (C=O) groups is 2. The third-order valence-corrected chi connectivity index (χ3v) is 5.64. The molecule has 1 N–H and O–H groups in total. The van der Waals surface area contributed by atoms with Gasteiger partial charge in [-0.25, -0.2) is 14.4 Å². The van der Waals surface area contributed by atoms with Crippen LogP contribution < -0.4 is 4.74 Å². The summed E-state index contributed by atoms with van der Waals surface area (Å²) in [5, 5.41) is 15.7. The van der Waals surface area contributed by atoms with Gasteiger partial charge in [0.1, 0.15) is 16.7 Å². The first-order valence-electron chi connectivity index (χ1n) is 10.5. The number of hydrogen-bond donors (Lipinski definition) is 1. The molecule has 4 rings (SSSR count). The summed E-state index contributed by atoms with van der Waals surface area (Å²) in [6.45, 7) is 2.41. The van der Waals surface area contributed by atoms with Crippen molar-refractivity contribution >= 4 is 40.1 Å². The van der Waals surface area contributed by atoms with Crippen molar-refractivity contribution in [3.8, 4) is 5.75 Å². The smallest absolute Gasteiger partial charge is 0.303 e. The molecule has 0 unspecified atom stereocenters. The Hall–Kier alpha value is -3.52. The molecule has 0 radical (unpaired) electrons. The second kappa shape index (κ2) is 9.54. The second-order valence-corrected chi connectivity index (χ2v) is 7.92. The van der Waals surface area contributed by atoms with Gasteiger partial charge in [0.25, 0.3) is 0 Å². The number of carboxylic acid groups (broad SMARTS) is 1. The number of carbonyl (C=O) groups excluding carboxylic acids is 1. The Kier molecular flexibility index (Phi) is 6.55. The van der Waals surface area contributed by atoms with Gasteiger partial charge in [-0.3, -0.25) is 9.59 Å². The van der Waals surface area contributed by atoms with E-state index in [9.17, 15) is 14.0 Å². The maximum Gasteiger partial charge on any atom is 0.303 e. The molecule has 0 aliphatic carbocycles. The predicted molar refractivity (Wildman–Crippen MR) is 122 cm³/mol. The van der Waals surface area contributed by atoms with E-state index < -0.39 is 17.9 Å². The Balaban J connectivity index is 1.73. The van der Waals surface area contributed by atoms with Crippen LogP contribution in [0.25, 0.3) is 10.9 Å². The lowest BCUT2D eigenvalue weighted by Crippen LogP contribution is -2.27. The number of aromatic nitrogens is 1. The zero-order valence-corrected chi connectivity index (χ0v) is 18.6. The van der Waals surface area contributed by atoms with Gasteiger partial charge in [0, 0.05) is 23.8 Å². The topological polar surface area (TPSA) is 92.1 Å². The van der Waals surface area contributed by atoms with Crippen molar-refractivity contribution in [2.24, 2.45) is 5.10 Å². The average Bonchev–Trinajstić information content (AvgIpc) is 3.23. The molecule has 1 aliphatic heterocycles. The molecule has 0 spiro atoms. The molecule has 0 fully saturated rings. The van der Waals surface area contributed by atoms with Gasteiger partial charge >= 0.3 is 5.97 Å². The Morgan fingerprint density at radius 2 is 1.94 bits per heavy atom. The Labute approximate surface area is 194 Å². The molecule has 1 aromatic heterocycles. The van der Waals surface area contributed by atoms with Crippen molar-refractivity contribution in [1.82, 2.24) is 9.99 Å². The van der Waals surface area contributed by atoms with Crippen molar-refractivity contribution in [2.75, 3.05) is 6.61 Å². The van der Waals surface area contributed by atoms with Crippen LogP contribution in [0.15, 0.2) is 53.6 Å². The lowest BCUT2D eigenvalue weighted by Gasteiger charge is -2.23. The molecule has 7 nitrogen and oxygen atoms in total. The first-order chi connectivity index (χ1) is 15.9. The summed E-state index contributed by atoms with van der Waals surface area (Å²) in [7, 11) is 0. The van der Waals surface area contributed by atoms with Crippen LogP contribution in [0.1, 0.15) is 43.4 Å². The number of pyridine rings is 1. The largest absolute Gasteiger partial charge is 0.494 e. The highest BCUT2D eigenvalue weighted by Gasteiger charge is 2.35. The van der Waals surface area contributed by atoms with Gasteiger partial charge in [0.2, 0.25) is 5.91 Å². The van der Waals surface area contributed by atoms with Crippen LogP contribution in [0.4, 0.5) is 4.39 Å². The monoisotopic (exact) mass is 469 g/mol. The van der Waals surface area contributed by atoms with E-state index in [1.54, 1.807) is 18.2 Å². The number of hydrogen-bond acceptors (Lipinski definition) is 5. The SMILES string of the molecule is CCOc1ccc2nc(Cl)c([C@@H]3CC(c4ccc(F)cc4)=NN3C(=O)CCC(=O)O)cc2c1. The Morgan fingerprint density at radius 1 is 1.18 bits per heavy atom. The number of nitrogens with zero attached hydrogens (tertiary/aromatic N) is 3. The first kappa shape index (κ1) is 22.7. The van der Waals surface area contributed by atoms with Gasteiger partial charge < -0.3 is 9.84 Å². The first-order valence-corrected chi connectivity index (χ1v) is 10.8. The van der Waals surface area contributed by atoms with Crippen molar-refractivity contribution in [3.05, 3.63) is 70.6 Å². The van der Waals surface area contributed by atoms with Gasteiger partial charge in [-0.15, -0.1) is 0 Å². The molecule has 3 aromatic rings. The molecule has 33 heavy (non-hydrogen) atoms. The minimum atomic E-state index is -1.07. The highest BCUT2D eigenvalue weighted by Crippen LogP contribution is 2.38. The minimum absolute atomic E-state index is 0.209. The van der Waals surface area contributed by atoms with Gasteiger partial charge in [-0.05, 0) is 48.9 Å². The van der Waals surface area contributed by atoms with Gasteiger partial charge in [-0.2, -0.15) is 5.10 Å². The van der Waals surface area contributed by atoms with Crippen LogP contribution in [0.5, 0.6) is 5.75 Å². The van der Waals surface area contributed by atoms with E-state index in [1.165, 1.54) is 17.1 Å². The molecule has 170 valence electrons. The lowest BCUT2D eigenvalue weighted by atomic mass is 9.98. The summed E-state index contributed by atoms with van der Waals surface area (Å²) in [5.41, 5.74) is 2.50. The van der Waals surface area contributed by atoms with E-state index >= 15 is 0 Å². The number of benzene rings is 2. The fourth-order valence-electron chi connectivity index (χ4n) is 3.77. The minimum Gasteiger partial charge on any atom is -0.494 e. The normalized spacial score (nSPS) is 15.5. The lowest BCUT2D eigenvalue weighted by molar-refractivity contribution is -0.141. The molecule has 2 aromatic carbocycles. The molecule has 1 aliphatic rings. The van der Waals surface area contributed by atoms with E-state index in [1.807, 2.05) is 25.1 Å². The maximum atomic E-state index is 13.4. The molecule has 0 saturated carbocycles. The van der Waals surface area contributed by atoms with Crippen molar-refractivity contribution in [1.29, 1.82) is 0 Å². The molecular formula is C24H21ClFN3O4. The van der Waals surface area contributed by atoms with E-state index in [0.717, 1.165) is 5.39 Å². The molecule has 1 atom stereocenters. The van der Waals surface area contributed by atoms with E-state index in [2.05, 4.69) is 10.1 Å². The van der Waals surface area contributed by atoms with E-state index in [4.69, 9.17) is 21.4 Å². The quantitative estimate of drug-likeness (QED) is 0.493. The van der Waals surface area contributed by atoms with Crippen molar-refractivity contribution in [2.45, 2.75) is 32.2 Å². The fraction of sp³-hybridized carbons (Fsp3) is 0.250. The zero-order valence-electron chi connectivity index (χ0n) is 17.8. The van der Waals surface area contributed by atoms with Crippen LogP contribution >= 0.6 is 11.6 Å². The highest BCUT2D eigenvalue weighted by molar-refractivity contribution is 6.30. The number of amides is 1. The van der Waals surface area contributed by atoms with E-state index in [0.29, 0.717) is 41.1 Å². The molecule has 9 heteroatoms. The van der Waals surface area contributed by atoms with Gasteiger partial charge in [0.05, 0.1) is 30.3 Å². The summed E-state index contributed by atoms with van der Waals surface area (Å²) in [6, 6.07) is 12.5. The number of hydrazone groups is 1. The summed E-state index contributed by atoms with van der Waals surface area (Å²) in [5.74, 6) is -1.21. The maximum absolute atomic E-state index is 13.4. The van der Waals surface area contributed by atoms with Crippen molar-refractivity contribution in [3.63, 3.8) is 0 Å². The molecule has 1 amide bonds. The number of ether oxygens (including phenoxy) is 1. The molecule has 2 heterocycles. The number of rotatable bonds is 7. The fourth-order valence-corrected chi connectivity index (χ4v) is 4.04. The van der Waals surface area contributed by atoms with Crippen LogP contribution in [-0.4, -0.2) is 39.3 Å². The van der Waals surface area contributed by atoms with Crippen molar-refractivity contribution < 1.29 is 23.8 Å². The van der Waals surface area contributed by atoms with Crippen LogP contribution in [0.2, 0.25) is 5.15 Å².